The first-order valence-electron chi connectivity index (χ1n) is 8.33. The van der Waals surface area contributed by atoms with Gasteiger partial charge in [-0.25, -0.2) is 4.98 Å². The van der Waals surface area contributed by atoms with Crippen LogP contribution >= 0.6 is 0 Å². The lowest BCUT2D eigenvalue weighted by molar-refractivity contribution is 0.181. The zero-order valence-electron chi connectivity index (χ0n) is 13.3. The molecule has 5 nitrogen and oxygen atoms in total. The largest absolute Gasteiger partial charge is 0.449 e. The Hall–Kier alpha value is -2.14. The molecule has 5 heteroatoms. The number of aromatic amines is 1. The van der Waals surface area contributed by atoms with Gasteiger partial charge in [-0.2, -0.15) is 0 Å². The number of nitrogens with one attached hydrogen (secondary N) is 1. The van der Waals surface area contributed by atoms with Crippen molar-refractivity contribution in [3.63, 3.8) is 0 Å². The molecule has 2 aromatic heterocycles. The molecule has 0 amide bonds. The van der Waals surface area contributed by atoms with E-state index in [1.54, 1.807) is 0 Å². The van der Waals surface area contributed by atoms with E-state index in [0.717, 1.165) is 5.39 Å². The molecule has 2 heterocycles. The molecule has 0 spiro atoms. The predicted molar refractivity (Wildman–Crippen MR) is 90.5 cm³/mol. The molecule has 1 fully saturated rings. The van der Waals surface area contributed by atoms with Gasteiger partial charge in [0.15, 0.2) is 0 Å². The van der Waals surface area contributed by atoms with Gasteiger partial charge in [0.2, 0.25) is 5.58 Å². The van der Waals surface area contributed by atoms with Gasteiger partial charge in [-0.1, -0.05) is 31.4 Å². The van der Waals surface area contributed by atoms with Crippen molar-refractivity contribution in [1.82, 2.24) is 14.9 Å². The number of H-pyrrole nitrogens is 1. The van der Waals surface area contributed by atoms with Gasteiger partial charge in [0.25, 0.3) is 5.56 Å². The number of para-hydroxylation sites is 1. The average Bonchev–Trinajstić information content (AvgIpc) is 2.95. The van der Waals surface area contributed by atoms with Crippen molar-refractivity contribution in [3.8, 4) is 0 Å². The topological polar surface area (TPSA) is 62.1 Å². The second-order valence-electron chi connectivity index (χ2n) is 6.50. The Morgan fingerprint density at radius 2 is 2.04 bits per heavy atom. The van der Waals surface area contributed by atoms with E-state index in [1.165, 1.54) is 32.1 Å². The van der Waals surface area contributed by atoms with Gasteiger partial charge in [-0.15, -0.1) is 0 Å². The summed E-state index contributed by atoms with van der Waals surface area (Å²) in [5.41, 5.74) is 1.49. The molecule has 1 aliphatic rings. The fourth-order valence-corrected chi connectivity index (χ4v) is 3.61. The number of fused-ring (bicyclic) bond motifs is 3. The van der Waals surface area contributed by atoms with Crippen LogP contribution in [0.2, 0.25) is 0 Å². The fourth-order valence-electron chi connectivity index (χ4n) is 3.61. The molecule has 0 aliphatic heterocycles. The summed E-state index contributed by atoms with van der Waals surface area (Å²) in [6.07, 6.45) is 6.40. The second kappa shape index (κ2) is 5.81. The highest BCUT2D eigenvalue weighted by molar-refractivity contribution is 6.01. The Morgan fingerprint density at radius 1 is 1.26 bits per heavy atom. The van der Waals surface area contributed by atoms with Crippen LogP contribution in [-0.2, 0) is 6.54 Å². The summed E-state index contributed by atoms with van der Waals surface area (Å²) in [5, 5.41) is 0.898. The molecule has 1 aliphatic carbocycles. The van der Waals surface area contributed by atoms with Crippen LogP contribution in [0.15, 0.2) is 33.5 Å². The minimum atomic E-state index is -0.196. The second-order valence-corrected chi connectivity index (χ2v) is 6.50. The number of benzene rings is 1. The molecular weight excluding hydrogens is 290 g/mol. The maximum atomic E-state index is 12.3. The molecule has 0 atom stereocenters. The van der Waals surface area contributed by atoms with Gasteiger partial charge >= 0.3 is 0 Å². The summed E-state index contributed by atoms with van der Waals surface area (Å²) in [7, 11) is 2.12. The third-order valence-corrected chi connectivity index (χ3v) is 4.88. The number of nitrogens with zero attached hydrogens (tertiary/aromatic N) is 2. The molecule has 23 heavy (non-hydrogen) atoms. The average molecular weight is 311 g/mol. The predicted octanol–water partition coefficient (Wildman–Crippen LogP) is 3.43. The van der Waals surface area contributed by atoms with E-state index >= 15 is 0 Å². The van der Waals surface area contributed by atoms with Crippen molar-refractivity contribution in [2.45, 2.75) is 44.7 Å². The third kappa shape index (κ3) is 2.65. The molecule has 0 unspecified atom stereocenters. The van der Waals surface area contributed by atoms with E-state index in [9.17, 15) is 4.79 Å². The van der Waals surface area contributed by atoms with E-state index in [1.807, 2.05) is 24.3 Å². The first-order chi connectivity index (χ1) is 11.2. The Kier molecular flexibility index (Phi) is 3.65. The van der Waals surface area contributed by atoms with Crippen LogP contribution in [0.5, 0.6) is 0 Å². The van der Waals surface area contributed by atoms with Gasteiger partial charge < -0.3 is 9.40 Å². The zero-order chi connectivity index (χ0) is 15.8. The number of hydrogen-bond acceptors (Lipinski definition) is 4. The molecule has 0 bridgehead atoms. The van der Waals surface area contributed by atoms with E-state index in [0.29, 0.717) is 35.1 Å². The van der Waals surface area contributed by atoms with Crippen LogP contribution in [0.3, 0.4) is 0 Å². The van der Waals surface area contributed by atoms with Crippen molar-refractivity contribution < 1.29 is 4.42 Å². The van der Waals surface area contributed by atoms with E-state index in [4.69, 9.17) is 4.42 Å². The number of hydrogen-bond donors (Lipinski definition) is 1. The Morgan fingerprint density at radius 3 is 2.87 bits per heavy atom. The van der Waals surface area contributed by atoms with Gasteiger partial charge in [-0.05, 0) is 32.0 Å². The SMILES string of the molecule is CN(Cc1nc2c(oc3ccccc32)c(=O)[nH]1)C1CCCCC1. The highest BCUT2D eigenvalue weighted by Crippen LogP contribution is 2.25. The van der Waals surface area contributed by atoms with Crippen LogP contribution in [0.1, 0.15) is 37.9 Å². The van der Waals surface area contributed by atoms with Crippen molar-refractivity contribution in [2.24, 2.45) is 0 Å². The van der Waals surface area contributed by atoms with Crippen LogP contribution in [0.4, 0.5) is 0 Å². The maximum Gasteiger partial charge on any atom is 0.294 e. The lowest BCUT2D eigenvalue weighted by atomic mass is 9.94. The normalized spacial score (nSPS) is 16.6. The first kappa shape index (κ1) is 14.5. The number of furan rings is 1. The van der Waals surface area contributed by atoms with Crippen molar-refractivity contribution >= 4 is 22.1 Å². The molecule has 1 N–H and O–H groups in total. The Labute approximate surface area is 134 Å². The monoisotopic (exact) mass is 311 g/mol. The van der Waals surface area contributed by atoms with Gasteiger partial charge in [0, 0.05) is 11.4 Å². The summed E-state index contributed by atoms with van der Waals surface area (Å²) >= 11 is 0. The van der Waals surface area contributed by atoms with E-state index in [-0.39, 0.29) is 5.56 Å². The molecule has 0 radical (unpaired) electrons. The van der Waals surface area contributed by atoms with E-state index in [2.05, 4.69) is 21.9 Å². The molecule has 0 saturated heterocycles. The van der Waals surface area contributed by atoms with Crippen LogP contribution in [0.25, 0.3) is 22.1 Å². The summed E-state index contributed by atoms with van der Waals surface area (Å²) in [5.74, 6) is 0.710. The van der Waals surface area contributed by atoms with Crippen LogP contribution in [0, 0.1) is 0 Å². The Bertz CT molecular complexity index is 890. The minimum Gasteiger partial charge on any atom is -0.449 e. The minimum absolute atomic E-state index is 0.196. The summed E-state index contributed by atoms with van der Waals surface area (Å²) in [4.78, 5) is 22.2. The van der Waals surface area contributed by atoms with Crippen LogP contribution < -0.4 is 5.56 Å². The van der Waals surface area contributed by atoms with Gasteiger partial charge in [0.05, 0.1) is 6.54 Å². The molecule has 1 aromatic carbocycles. The summed E-state index contributed by atoms with van der Waals surface area (Å²) in [6, 6.07) is 8.24. The van der Waals surface area contributed by atoms with Crippen molar-refractivity contribution in [3.05, 3.63) is 40.4 Å². The van der Waals surface area contributed by atoms with Crippen LogP contribution in [-0.4, -0.2) is 28.0 Å². The van der Waals surface area contributed by atoms with Gasteiger partial charge in [0.1, 0.15) is 16.9 Å². The van der Waals surface area contributed by atoms with Crippen molar-refractivity contribution in [1.29, 1.82) is 0 Å². The number of rotatable bonds is 3. The summed E-state index contributed by atoms with van der Waals surface area (Å²) < 4.78 is 5.64. The molecule has 3 aromatic rings. The molecule has 1 saturated carbocycles. The van der Waals surface area contributed by atoms with Gasteiger partial charge in [-0.3, -0.25) is 9.69 Å². The van der Waals surface area contributed by atoms with Crippen molar-refractivity contribution in [2.75, 3.05) is 7.05 Å². The fraction of sp³-hybridized carbons (Fsp3) is 0.444. The molecular formula is C18H21N3O2. The maximum absolute atomic E-state index is 12.3. The highest BCUT2D eigenvalue weighted by Gasteiger charge is 2.20. The lowest BCUT2D eigenvalue weighted by Gasteiger charge is -2.30. The first-order valence-corrected chi connectivity index (χ1v) is 8.33. The quantitative estimate of drug-likeness (QED) is 0.805. The van der Waals surface area contributed by atoms with E-state index < -0.39 is 0 Å². The lowest BCUT2D eigenvalue weighted by Crippen LogP contribution is -2.34. The third-order valence-electron chi connectivity index (χ3n) is 4.88. The number of aromatic nitrogens is 2. The summed E-state index contributed by atoms with van der Waals surface area (Å²) in [6.45, 7) is 0.662. The molecule has 4 rings (SSSR count). The molecule has 120 valence electrons. The Balaban J connectivity index is 1.70. The smallest absolute Gasteiger partial charge is 0.294 e. The highest BCUT2D eigenvalue weighted by atomic mass is 16.3. The standard InChI is InChI=1S/C18H21N3O2/c1-21(12-7-3-2-4-8-12)11-15-19-16-13-9-5-6-10-14(13)23-17(16)18(22)20-15/h5-6,9-10,12H,2-4,7-8,11H2,1H3,(H,19,20,22). The zero-order valence-corrected chi connectivity index (χ0v) is 13.3.